The van der Waals surface area contributed by atoms with Gasteiger partial charge in [0.2, 0.25) is 0 Å². The molecule has 0 heterocycles. The van der Waals surface area contributed by atoms with Gasteiger partial charge in [0.05, 0.1) is 6.61 Å². The van der Waals surface area contributed by atoms with Crippen LogP contribution in [0, 0.1) is 0 Å². The second-order valence-corrected chi connectivity index (χ2v) is 11.1. The smallest absolute Gasteiger partial charge is 0.462 e. The molecule has 1 unspecified atom stereocenters. The van der Waals surface area contributed by atoms with E-state index < -0.39 is 32.5 Å². The van der Waals surface area contributed by atoms with Crippen molar-refractivity contribution in [1.29, 1.82) is 0 Å². The van der Waals surface area contributed by atoms with Crippen molar-refractivity contribution in [2.75, 3.05) is 13.2 Å². The molecule has 2 N–H and O–H groups in total. The second kappa shape index (κ2) is 24.4. The van der Waals surface area contributed by atoms with E-state index in [9.17, 15) is 14.2 Å². The summed E-state index contributed by atoms with van der Waals surface area (Å²) >= 11 is 0. The van der Waals surface area contributed by atoms with Gasteiger partial charge in [-0.3, -0.25) is 14.1 Å². The number of carbonyl (C=O) groups excluding carboxylic acids is 2. The van der Waals surface area contributed by atoms with Crippen LogP contribution in [0.4, 0.5) is 0 Å². The van der Waals surface area contributed by atoms with Crippen LogP contribution in [-0.4, -0.2) is 41.0 Å². The van der Waals surface area contributed by atoms with Gasteiger partial charge in [-0.15, -0.1) is 0 Å². The van der Waals surface area contributed by atoms with Gasteiger partial charge in [-0.25, -0.2) is 4.57 Å². The molecule has 0 aromatic rings. The fraction of sp³-hybridized carbons (Fsp3) is 0.926. The molecule has 0 radical (unpaired) electrons. The molecule has 9 heteroatoms. The third kappa shape index (κ3) is 27.6. The first-order valence-corrected chi connectivity index (χ1v) is 15.8. The summed E-state index contributed by atoms with van der Waals surface area (Å²) in [6.07, 6.45) is 23.5. The van der Waals surface area contributed by atoms with Gasteiger partial charge in [-0.2, -0.15) is 0 Å². The summed E-state index contributed by atoms with van der Waals surface area (Å²) in [7, 11) is -4.70. The minimum Gasteiger partial charge on any atom is -0.462 e. The fourth-order valence-electron chi connectivity index (χ4n) is 4.10. The largest absolute Gasteiger partial charge is 0.469 e. The Morgan fingerprint density at radius 2 is 1.06 bits per heavy atom. The summed E-state index contributed by atoms with van der Waals surface area (Å²) in [6.45, 7) is 2.62. The molecular formula is C27H53O8P. The number of phosphoric ester groups is 1. The number of rotatable bonds is 26. The molecule has 0 aromatic heterocycles. The summed E-state index contributed by atoms with van der Waals surface area (Å²) in [5, 5.41) is 0. The first kappa shape index (κ1) is 35.0. The van der Waals surface area contributed by atoms with E-state index in [0.29, 0.717) is 6.42 Å². The van der Waals surface area contributed by atoms with Gasteiger partial charge in [0.15, 0.2) is 6.10 Å². The molecule has 0 aromatic carbocycles. The van der Waals surface area contributed by atoms with Crippen molar-refractivity contribution in [3.05, 3.63) is 0 Å². The highest BCUT2D eigenvalue weighted by Gasteiger charge is 2.22. The molecule has 0 rings (SSSR count). The monoisotopic (exact) mass is 536 g/mol. The van der Waals surface area contributed by atoms with Crippen LogP contribution in [0.1, 0.15) is 142 Å². The van der Waals surface area contributed by atoms with Crippen molar-refractivity contribution in [3.8, 4) is 0 Å². The van der Waals surface area contributed by atoms with E-state index in [4.69, 9.17) is 19.3 Å². The molecule has 0 saturated carbocycles. The molecule has 1 atom stereocenters. The maximum Gasteiger partial charge on any atom is 0.469 e. The van der Waals surface area contributed by atoms with Gasteiger partial charge in [0.25, 0.3) is 0 Å². The molecule has 36 heavy (non-hydrogen) atoms. The van der Waals surface area contributed by atoms with Crippen molar-refractivity contribution >= 4 is 19.8 Å². The van der Waals surface area contributed by atoms with E-state index in [2.05, 4.69) is 11.4 Å². The summed E-state index contributed by atoms with van der Waals surface area (Å²) in [6, 6.07) is 0. The van der Waals surface area contributed by atoms with Crippen molar-refractivity contribution in [1.82, 2.24) is 0 Å². The highest BCUT2D eigenvalue weighted by atomic mass is 31.2. The number of hydrogen-bond donors (Lipinski definition) is 2. The van der Waals surface area contributed by atoms with Crippen LogP contribution in [0.3, 0.4) is 0 Å². The van der Waals surface area contributed by atoms with Crippen LogP contribution in [0.2, 0.25) is 0 Å². The van der Waals surface area contributed by atoms with E-state index in [1.165, 1.54) is 110 Å². The number of esters is 2. The maximum atomic E-state index is 12.0. The summed E-state index contributed by atoms with van der Waals surface area (Å²) in [5.41, 5.74) is 0. The lowest BCUT2D eigenvalue weighted by molar-refractivity contribution is -0.160. The lowest BCUT2D eigenvalue weighted by Crippen LogP contribution is -2.29. The molecule has 0 saturated heterocycles. The van der Waals surface area contributed by atoms with Crippen molar-refractivity contribution < 1.29 is 37.9 Å². The zero-order valence-electron chi connectivity index (χ0n) is 22.9. The average molecular weight is 537 g/mol. The van der Waals surface area contributed by atoms with Crippen LogP contribution in [0.15, 0.2) is 0 Å². The molecule has 214 valence electrons. The topological polar surface area (TPSA) is 119 Å². The van der Waals surface area contributed by atoms with E-state index >= 15 is 0 Å². The van der Waals surface area contributed by atoms with E-state index in [0.717, 1.165) is 12.8 Å². The Morgan fingerprint density at radius 1 is 0.667 bits per heavy atom. The minimum absolute atomic E-state index is 0.214. The van der Waals surface area contributed by atoms with E-state index in [-0.39, 0.29) is 13.0 Å². The van der Waals surface area contributed by atoms with Gasteiger partial charge in [0.1, 0.15) is 6.61 Å². The SMILES string of the molecule is CCCCCCCCCCCCCCCCCCCCCC(=O)OC(COC(C)=O)COP(=O)(O)O. The lowest BCUT2D eigenvalue weighted by atomic mass is 10.0. The highest BCUT2D eigenvalue weighted by molar-refractivity contribution is 7.46. The second-order valence-electron chi connectivity index (χ2n) is 9.81. The highest BCUT2D eigenvalue weighted by Crippen LogP contribution is 2.35. The predicted molar refractivity (Wildman–Crippen MR) is 143 cm³/mol. The normalized spacial score (nSPS) is 12.4. The van der Waals surface area contributed by atoms with Crippen LogP contribution in [0.25, 0.3) is 0 Å². The molecule has 0 aliphatic rings. The Labute approximate surface area is 219 Å². The summed E-state index contributed by atoms with van der Waals surface area (Å²) in [4.78, 5) is 40.5. The Hall–Kier alpha value is -0.950. The number of hydrogen-bond acceptors (Lipinski definition) is 6. The summed E-state index contributed by atoms with van der Waals surface area (Å²) < 4.78 is 25.1. The Kier molecular flexibility index (Phi) is 23.7. The number of unbranched alkanes of at least 4 members (excludes halogenated alkanes) is 18. The molecule has 8 nitrogen and oxygen atoms in total. The van der Waals surface area contributed by atoms with Gasteiger partial charge in [0, 0.05) is 13.3 Å². The molecule has 0 aliphatic heterocycles. The molecular weight excluding hydrogens is 483 g/mol. The van der Waals surface area contributed by atoms with Crippen LogP contribution < -0.4 is 0 Å². The first-order chi connectivity index (χ1) is 17.2. The molecule has 0 fully saturated rings. The third-order valence-corrected chi connectivity index (χ3v) is 6.67. The molecule has 0 aliphatic carbocycles. The minimum atomic E-state index is -4.70. The molecule has 0 bridgehead atoms. The van der Waals surface area contributed by atoms with Crippen LogP contribution in [-0.2, 0) is 28.2 Å². The number of ether oxygens (including phenoxy) is 2. The standard InChI is InChI=1S/C27H53O8P/c1-3-4-5-6-7-8-9-10-11-12-13-14-15-16-17-18-19-20-21-22-27(29)35-26(23-33-25(2)28)24-34-36(30,31)32/h26H,3-24H2,1-2H3,(H2,30,31,32). The zero-order chi connectivity index (χ0) is 26.9. The zero-order valence-corrected chi connectivity index (χ0v) is 23.8. The number of carbonyl (C=O) groups is 2. The van der Waals surface area contributed by atoms with Crippen LogP contribution in [0.5, 0.6) is 0 Å². The number of phosphoric acid groups is 1. The third-order valence-electron chi connectivity index (χ3n) is 6.18. The van der Waals surface area contributed by atoms with E-state index in [1.54, 1.807) is 0 Å². The Morgan fingerprint density at radius 3 is 1.42 bits per heavy atom. The van der Waals surface area contributed by atoms with Gasteiger partial charge in [-0.05, 0) is 6.42 Å². The quantitative estimate of drug-likeness (QED) is 0.0667. The van der Waals surface area contributed by atoms with Crippen molar-refractivity contribution in [2.45, 2.75) is 148 Å². The predicted octanol–water partition coefficient (Wildman–Crippen LogP) is 7.39. The molecule has 0 amide bonds. The van der Waals surface area contributed by atoms with Crippen molar-refractivity contribution in [3.63, 3.8) is 0 Å². The van der Waals surface area contributed by atoms with E-state index in [1.807, 2.05) is 0 Å². The van der Waals surface area contributed by atoms with Gasteiger partial charge >= 0.3 is 19.8 Å². The lowest BCUT2D eigenvalue weighted by Gasteiger charge is -2.18. The Bertz CT molecular complexity index is 578. The average Bonchev–Trinajstić information content (AvgIpc) is 2.81. The van der Waals surface area contributed by atoms with Gasteiger partial charge in [-0.1, -0.05) is 122 Å². The molecule has 0 spiro atoms. The van der Waals surface area contributed by atoms with Gasteiger partial charge < -0.3 is 19.3 Å². The Balaban J connectivity index is 3.54. The van der Waals surface area contributed by atoms with Crippen LogP contribution >= 0.6 is 7.82 Å². The maximum absolute atomic E-state index is 12.0. The fourth-order valence-corrected chi connectivity index (χ4v) is 4.46. The first-order valence-electron chi connectivity index (χ1n) is 14.3. The van der Waals surface area contributed by atoms with Crippen molar-refractivity contribution in [2.24, 2.45) is 0 Å². The summed E-state index contributed by atoms with van der Waals surface area (Å²) in [5.74, 6) is -1.07.